The summed E-state index contributed by atoms with van der Waals surface area (Å²) >= 11 is 0. The van der Waals surface area contributed by atoms with E-state index in [1.165, 1.54) is 37.3 Å². The van der Waals surface area contributed by atoms with Crippen LogP contribution in [0.5, 0.6) is 11.5 Å². The molecule has 5 rings (SSSR count). The van der Waals surface area contributed by atoms with Gasteiger partial charge in [0.15, 0.2) is 11.5 Å². The van der Waals surface area contributed by atoms with E-state index in [2.05, 4.69) is 5.32 Å². The molecule has 0 aliphatic heterocycles. The number of hydrogen-bond acceptors (Lipinski definition) is 6. The van der Waals surface area contributed by atoms with Crippen LogP contribution in [0, 0.1) is 0 Å². The van der Waals surface area contributed by atoms with Crippen molar-refractivity contribution in [2.24, 2.45) is 0 Å². The highest BCUT2D eigenvalue weighted by molar-refractivity contribution is 7.92. The Morgan fingerprint density at radius 2 is 1.36 bits per heavy atom. The van der Waals surface area contributed by atoms with Gasteiger partial charge < -0.3 is 19.7 Å². The summed E-state index contributed by atoms with van der Waals surface area (Å²) in [6, 6.07) is 30.9. The number of ether oxygens (including phenoxy) is 2. The molecule has 0 bridgehead atoms. The maximum absolute atomic E-state index is 14.6. The highest BCUT2D eigenvalue weighted by atomic mass is 32.2. The Morgan fingerprint density at radius 1 is 0.787 bits per heavy atom. The van der Waals surface area contributed by atoms with Crippen LogP contribution in [-0.2, 0) is 32.6 Å². The van der Waals surface area contributed by atoms with Crippen molar-refractivity contribution in [1.29, 1.82) is 0 Å². The van der Waals surface area contributed by atoms with Crippen molar-refractivity contribution in [2.75, 3.05) is 25.1 Å². The summed E-state index contributed by atoms with van der Waals surface area (Å²) in [6.45, 7) is -0.413. The Kier molecular flexibility index (Phi) is 11.2. The van der Waals surface area contributed by atoms with Crippen molar-refractivity contribution in [2.45, 2.75) is 55.6 Å². The molecule has 10 heteroatoms. The third-order valence-electron chi connectivity index (χ3n) is 8.43. The normalized spacial score (nSPS) is 13.8. The minimum atomic E-state index is -4.29. The SMILES string of the molecule is COc1ccc(S(=O)(=O)N(CC(=O)N(Cc2ccccc2)[C@@H](Cc2ccccc2)C(=O)NC2CCCC2)c2ccccc2)cc1OC. The maximum atomic E-state index is 14.6. The molecule has 0 heterocycles. The lowest BCUT2D eigenvalue weighted by Crippen LogP contribution is -2.54. The summed E-state index contributed by atoms with van der Waals surface area (Å²) in [4.78, 5) is 30.1. The standard InChI is InChI=1S/C37H41N3O6S/c1-45-34-23-22-32(25-35(34)46-2)47(43,44)40(31-20-10-5-11-21-31)27-36(41)39(26-29-16-8-4-9-17-29)33(24-28-14-6-3-7-15-28)37(42)38-30-18-12-13-19-30/h3-11,14-17,20-23,25,30,33H,12-13,18-19,24,26-27H2,1-2H3,(H,38,42)/t33-/m0/s1. The molecule has 47 heavy (non-hydrogen) atoms. The number of rotatable bonds is 14. The van der Waals surface area contributed by atoms with Gasteiger partial charge >= 0.3 is 0 Å². The molecule has 1 atom stereocenters. The number of para-hydroxylation sites is 1. The van der Waals surface area contributed by atoms with Gasteiger partial charge in [-0.3, -0.25) is 13.9 Å². The molecule has 1 fully saturated rings. The fourth-order valence-corrected chi connectivity index (χ4v) is 7.36. The van der Waals surface area contributed by atoms with E-state index in [0.29, 0.717) is 11.4 Å². The summed E-state index contributed by atoms with van der Waals surface area (Å²) < 4.78 is 40.4. The van der Waals surface area contributed by atoms with Crippen LogP contribution >= 0.6 is 0 Å². The van der Waals surface area contributed by atoms with Crippen LogP contribution in [0.25, 0.3) is 0 Å². The predicted molar refractivity (Wildman–Crippen MR) is 182 cm³/mol. The van der Waals surface area contributed by atoms with Crippen molar-refractivity contribution < 1.29 is 27.5 Å². The molecule has 0 saturated heterocycles. The smallest absolute Gasteiger partial charge is 0.264 e. The Morgan fingerprint density at radius 3 is 1.96 bits per heavy atom. The molecule has 1 aliphatic carbocycles. The number of nitrogens with zero attached hydrogens (tertiary/aromatic N) is 2. The van der Waals surface area contributed by atoms with E-state index in [9.17, 15) is 18.0 Å². The molecule has 0 aromatic heterocycles. The first-order chi connectivity index (χ1) is 22.8. The first-order valence-electron chi connectivity index (χ1n) is 15.8. The van der Waals surface area contributed by atoms with Gasteiger partial charge in [0.25, 0.3) is 10.0 Å². The molecule has 0 radical (unpaired) electrons. The van der Waals surface area contributed by atoms with Gasteiger partial charge in [0.2, 0.25) is 11.8 Å². The van der Waals surface area contributed by atoms with Gasteiger partial charge in [-0.25, -0.2) is 8.42 Å². The lowest BCUT2D eigenvalue weighted by Gasteiger charge is -2.34. The molecule has 2 amide bonds. The molecular weight excluding hydrogens is 614 g/mol. The second kappa shape index (κ2) is 15.6. The number of hydrogen-bond donors (Lipinski definition) is 1. The maximum Gasteiger partial charge on any atom is 0.264 e. The third kappa shape index (κ3) is 8.31. The monoisotopic (exact) mass is 655 g/mol. The molecule has 4 aromatic rings. The highest BCUT2D eigenvalue weighted by Crippen LogP contribution is 2.32. The van der Waals surface area contributed by atoms with Crippen LogP contribution in [0.4, 0.5) is 5.69 Å². The largest absolute Gasteiger partial charge is 0.493 e. The van der Waals surface area contributed by atoms with Gasteiger partial charge in [0.1, 0.15) is 12.6 Å². The molecule has 1 N–H and O–H groups in total. The number of nitrogens with one attached hydrogen (secondary N) is 1. The fourth-order valence-electron chi connectivity index (χ4n) is 5.93. The van der Waals surface area contributed by atoms with Crippen molar-refractivity contribution in [3.63, 3.8) is 0 Å². The van der Waals surface area contributed by atoms with Crippen molar-refractivity contribution in [3.05, 3.63) is 120 Å². The minimum Gasteiger partial charge on any atom is -0.493 e. The van der Waals surface area contributed by atoms with Gasteiger partial charge in [-0.2, -0.15) is 0 Å². The Balaban J connectivity index is 1.55. The second-order valence-corrected chi connectivity index (χ2v) is 13.4. The van der Waals surface area contributed by atoms with Gasteiger partial charge in [-0.1, -0.05) is 91.7 Å². The lowest BCUT2D eigenvalue weighted by molar-refractivity contribution is -0.140. The van der Waals surface area contributed by atoms with Crippen molar-refractivity contribution >= 4 is 27.5 Å². The number of carbonyl (C=O) groups is 2. The molecule has 246 valence electrons. The first kappa shape index (κ1) is 33.5. The highest BCUT2D eigenvalue weighted by Gasteiger charge is 2.35. The van der Waals surface area contributed by atoms with Gasteiger partial charge in [0.05, 0.1) is 24.8 Å². The first-order valence-corrected chi connectivity index (χ1v) is 17.2. The van der Waals surface area contributed by atoms with E-state index in [1.54, 1.807) is 30.3 Å². The van der Waals surface area contributed by atoms with Crippen LogP contribution in [0.1, 0.15) is 36.8 Å². The number of carbonyl (C=O) groups excluding carboxylic acids is 2. The van der Waals surface area contributed by atoms with Crippen LogP contribution in [0.2, 0.25) is 0 Å². The molecule has 1 saturated carbocycles. The second-order valence-electron chi connectivity index (χ2n) is 11.6. The van der Waals surface area contributed by atoms with E-state index in [1.807, 2.05) is 60.7 Å². The summed E-state index contributed by atoms with van der Waals surface area (Å²) in [7, 11) is -1.39. The van der Waals surface area contributed by atoms with Crippen LogP contribution < -0.4 is 19.1 Å². The zero-order valence-electron chi connectivity index (χ0n) is 26.7. The van der Waals surface area contributed by atoms with Crippen molar-refractivity contribution in [1.82, 2.24) is 10.2 Å². The zero-order chi connectivity index (χ0) is 33.2. The summed E-state index contributed by atoms with van der Waals surface area (Å²) in [5.74, 6) is -0.145. The summed E-state index contributed by atoms with van der Waals surface area (Å²) in [5.41, 5.74) is 2.02. The van der Waals surface area contributed by atoms with Crippen molar-refractivity contribution in [3.8, 4) is 11.5 Å². The van der Waals surface area contributed by atoms with Gasteiger partial charge in [-0.15, -0.1) is 0 Å². The number of methoxy groups -OCH3 is 2. The average Bonchev–Trinajstić information content (AvgIpc) is 3.62. The van der Waals surface area contributed by atoms with E-state index in [-0.39, 0.29) is 35.6 Å². The van der Waals surface area contributed by atoms with E-state index < -0.39 is 28.5 Å². The molecule has 0 unspecified atom stereocenters. The minimum absolute atomic E-state index is 0.0423. The number of amides is 2. The number of anilines is 1. The fraction of sp³-hybridized carbons (Fsp3) is 0.297. The van der Waals surface area contributed by atoms with E-state index in [4.69, 9.17) is 9.47 Å². The van der Waals surface area contributed by atoms with Crippen LogP contribution in [0.15, 0.2) is 114 Å². The van der Waals surface area contributed by atoms with Gasteiger partial charge in [-0.05, 0) is 48.2 Å². The lowest BCUT2D eigenvalue weighted by atomic mass is 10.0. The van der Waals surface area contributed by atoms with Crippen LogP contribution in [-0.4, -0.2) is 58.0 Å². The Labute approximate surface area is 277 Å². The Bertz CT molecular complexity index is 1730. The molecular formula is C37H41N3O6S. The molecule has 4 aromatic carbocycles. The topological polar surface area (TPSA) is 105 Å². The predicted octanol–water partition coefficient (Wildman–Crippen LogP) is 5.60. The third-order valence-corrected chi connectivity index (χ3v) is 10.2. The molecule has 1 aliphatic rings. The van der Waals surface area contributed by atoms with E-state index in [0.717, 1.165) is 41.1 Å². The molecule has 9 nitrogen and oxygen atoms in total. The van der Waals surface area contributed by atoms with Crippen LogP contribution in [0.3, 0.4) is 0 Å². The van der Waals surface area contributed by atoms with E-state index >= 15 is 0 Å². The average molecular weight is 656 g/mol. The number of sulfonamides is 1. The quantitative estimate of drug-likeness (QED) is 0.190. The molecule has 0 spiro atoms. The number of benzene rings is 4. The Hall–Kier alpha value is -4.83. The zero-order valence-corrected chi connectivity index (χ0v) is 27.6. The van der Waals surface area contributed by atoms with Gasteiger partial charge in [0, 0.05) is 25.1 Å². The summed E-state index contributed by atoms with van der Waals surface area (Å²) in [6.07, 6.45) is 4.14. The summed E-state index contributed by atoms with van der Waals surface area (Å²) in [5, 5.41) is 3.19.